The molecule has 0 aliphatic heterocycles. The van der Waals surface area contributed by atoms with Gasteiger partial charge in [0.25, 0.3) is 0 Å². The number of rotatable bonds is 15. The molecular weight excluding hydrogens is 356 g/mol. The van der Waals surface area contributed by atoms with Gasteiger partial charge in [0.15, 0.2) is 5.92 Å². The third kappa shape index (κ3) is 9.70. The molecule has 0 N–H and O–H groups in total. The van der Waals surface area contributed by atoms with Crippen LogP contribution in [0.3, 0.4) is 0 Å². The van der Waals surface area contributed by atoms with Crippen LogP contribution in [0.15, 0.2) is 43.0 Å². The number of hydrogen-bond donors (Lipinski definition) is 0. The maximum absolute atomic E-state index is 12.2. The van der Waals surface area contributed by atoms with Crippen LogP contribution in [0.2, 0.25) is 0 Å². The first-order valence-corrected chi connectivity index (χ1v) is 10.2. The minimum absolute atomic E-state index is 0.186. The fourth-order valence-electron chi connectivity index (χ4n) is 3.08. The summed E-state index contributed by atoms with van der Waals surface area (Å²) in [5.41, 5.74) is 1.17. The highest BCUT2D eigenvalue weighted by Crippen LogP contribution is 2.24. The Hall–Kier alpha value is -2.14. The van der Waals surface area contributed by atoms with Gasteiger partial charge in [-0.2, -0.15) is 0 Å². The molecule has 5 heteroatoms. The van der Waals surface area contributed by atoms with Crippen LogP contribution < -0.4 is 0 Å². The van der Waals surface area contributed by atoms with Crippen molar-refractivity contribution in [3.63, 3.8) is 0 Å². The average molecular weight is 391 g/mol. The minimum Gasteiger partial charge on any atom is -0.465 e. The minimum atomic E-state index is -0.862. The predicted octanol–water partition coefficient (Wildman–Crippen LogP) is 4.70. The fourth-order valence-corrected chi connectivity index (χ4v) is 3.08. The Balaban J connectivity index is 2.42. The summed E-state index contributed by atoms with van der Waals surface area (Å²) in [6.07, 6.45) is 5.81. The highest BCUT2D eigenvalue weighted by atomic mass is 16.6. The lowest BCUT2D eigenvalue weighted by Gasteiger charge is -2.20. The van der Waals surface area contributed by atoms with E-state index in [1.165, 1.54) is 5.56 Å². The molecular formula is C23H34O5. The Labute approximate surface area is 169 Å². The lowest BCUT2D eigenvalue weighted by atomic mass is 9.88. The van der Waals surface area contributed by atoms with E-state index in [9.17, 15) is 9.59 Å². The summed E-state index contributed by atoms with van der Waals surface area (Å²) in [5, 5.41) is 0. The lowest BCUT2D eigenvalue weighted by Crippen LogP contribution is -2.30. The van der Waals surface area contributed by atoms with Crippen LogP contribution in [-0.4, -0.2) is 31.8 Å². The molecule has 1 atom stereocenters. The van der Waals surface area contributed by atoms with E-state index < -0.39 is 17.9 Å². The molecule has 156 valence electrons. The second-order valence-corrected chi connectivity index (χ2v) is 6.72. The normalized spacial score (nSPS) is 11.8. The van der Waals surface area contributed by atoms with Gasteiger partial charge in [0.05, 0.1) is 19.8 Å². The monoisotopic (exact) mass is 390 g/mol. The molecule has 0 aliphatic rings. The van der Waals surface area contributed by atoms with E-state index in [1.807, 2.05) is 36.4 Å². The second-order valence-electron chi connectivity index (χ2n) is 6.72. The van der Waals surface area contributed by atoms with Crippen molar-refractivity contribution in [2.75, 3.05) is 19.8 Å². The summed E-state index contributed by atoms with van der Waals surface area (Å²) in [6, 6.07) is 10.1. The van der Waals surface area contributed by atoms with Crippen LogP contribution in [0.5, 0.6) is 0 Å². The Bertz CT molecular complexity index is 552. The Morgan fingerprint density at radius 2 is 1.68 bits per heavy atom. The summed E-state index contributed by atoms with van der Waals surface area (Å²) in [5.74, 6) is -1.67. The molecule has 0 spiro atoms. The van der Waals surface area contributed by atoms with Crippen LogP contribution in [0, 0.1) is 11.8 Å². The van der Waals surface area contributed by atoms with Crippen LogP contribution in [0.1, 0.15) is 51.5 Å². The highest BCUT2D eigenvalue weighted by molar-refractivity contribution is 5.94. The van der Waals surface area contributed by atoms with Gasteiger partial charge in [0.1, 0.15) is 0 Å². The van der Waals surface area contributed by atoms with Crippen molar-refractivity contribution < 1.29 is 23.8 Å². The quantitative estimate of drug-likeness (QED) is 0.188. The highest BCUT2D eigenvalue weighted by Gasteiger charge is 2.31. The second kappa shape index (κ2) is 14.9. The van der Waals surface area contributed by atoms with Gasteiger partial charge in [-0.15, -0.1) is 6.58 Å². The molecule has 0 heterocycles. The van der Waals surface area contributed by atoms with Crippen molar-refractivity contribution in [2.24, 2.45) is 11.8 Å². The van der Waals surface area contributed by atoms with Crippen molar-refractivity contribution in [2.45, 2.75) is 52.6 Å². The number of benzene rings is 1. The molecule has 1 unspecified atom stereocenters. The number of esters is 2. The van der Waals surface area contributed by atoms with Gasteiger partial charge >= 0.3 is 11.9 Å². The molecule has 0 bridgehead atoms. The molecule has 0 saturated heterocycles. The van der Waals surface area contributed by atoms with Crippen LogP contribution in [0.4, 0.5) is 0 Å². The summed E-state index contributed by atoms with van der Waals surface area (Å²) < 4.78 is 15.8. The first kappa shape index (κ1) is 23.9. The van der Waals surface area contributed by atoms with E-state index in [4.69, 9.17) is 14.2 Å². The fraction of sp³-hybridized carbons (Fsp3) is 0.565. The zero-order valence-corrected chi connectivity index (χ0v) is 17.2. The first-order valence-electron chi connectivity index (χ1n) is 10.2. The first-order chi connectivity index (χ1) is 13.6. The maximum Gasteiger partial charge on any atom is 0.320 e. The van der Waals surface area contributed by atoms with Gasteiger partial charge in [-0.3, -0.25) is 9.59 Å². The van der Waals surface area contributed by atoms with Crippen LogP contribution in [-0.2, 0) is 30.4 Å². The average Bonchev–Trinajstić information content (AvgIpc) is 2.69. The van der Waals surface area contributed by atoms with E-state index in [2.05, 4.69) is 6.58 Å². The van der Waals surface area contributed by atoms with Gasteiger partial charge in [0, 0.05) is 6.61 Å². The molecule has 0 saturated carbocycles. The molecule has 0 aliphatic carbocycles. The van der Waals surface area contributed by atoms with E-state index >= 15 is 0 Å². The lowest BCUT2D eigenvalue weighted by molar-refractivity contribution is -0.162. The topological polar surface area (TPSA) is 61.8 Å². The van der Waals surface area contributed by atoms with Gasteiger partial charge in [-0.1, -0.05) is 49.2 Å². The molecule has 1 rings (SSSR count). The number of unbranched alkanes of at least 4 members (excludes halogenated alkanes) is 1. The number of carbonyl (C=O) groups is 2. The summed E-state index contributed by atoms with van der Waals surface area (Å²) >= 11 is 0. The largest absolute Gasteiger partial charge is 0.465 e. The van der Waals surface area contributed by atoms with Gasteiger partial charge in [0.2, 0.25) is 0 Å². The van der Waals surface area contributed by atoms with Gasteiger partial charge in [-0.05, 0) is 44.6 Å². The summed E-state index contributed by atoms with van der Waals surface area (Å²) in [7, 11) is 0. The maximum atomic E-state index is 12.2. The van der Waals surface area contributed by atoms with Gasteiger partial charge < -0.3 is 14.2 Å². The number of ether oxygens (including phenoxy) is 3. The number of allylic oxidation sites excluding steroid dienone is 1. The molecule has 28 heavy (non-hydrogen) atoms. The van der Waals surface area contributed by atoms with Crippen molar-refractivity contribution in [1.29, 1.82) is 0 Å². The number of carbonyl (C=O) groups excluding carboxylic acids is 2. The zero-order chi connectivity index (χ0) is 20.6. The SMILES string of the molecule is C=CCC(CCCCOCc1ccccc1)CC(C(=O)OCC)C(=O)OCC. The molecule has 0 radical (unpaired) electrons. The molecule has 1 aromatic rings. The summed E-state index contributed by atoms with van der Waals surface area (Å²) in [6.45, 7) is 9.07. The summed E-state index contributed by atoms with van der Waals surface area (Å²) in [4.78, 5) is 24.4. The van der Waals surface area contributed by atoms with Crippen molar-refractivity contribution in [1.82, 2.24) is 0 Å². The van der Waals surface area contributed by atoms with Crippen LogP contribution in [0.25, 0.3) is 0 Å². The number of hydrogen-bond acceptors (Lipinski definition) is 5. The Morgan fingerprint density at radius 3 is 2.25 bits per heavy atom. The van der Waals surface area contributed by atoms with Crippen molar-refractivity contribution in [3.05, 3.63) is 48.6 Å². The molecule has 0 aromatic heterocycles. The molecule has 1 aromatic carbocycles. The third-order valence-corrected chi connectivity index (χ3v) is 4.47. The third-order valence-electron chi connectivity index (χ3n) is 4.47. The van der Waals surface area contributed by atoms with E-state index in [0.717, 1.165) is 25.7 Å². The molecule has 0 fully saturated rings. The molecule has 0 amide bonds. The van der Waals surface area contributed by atoms with Crippen molar-refractivity contribution in [3.8, 4) is 0 Å². The van der Waals surface area contributed by atoms with E-state index in [1.54, 1.807) is 13.8 Å². The molecule has 5 nitrogen and oxygen atoms in total. The van der Waals surface area contributed by atoms with Crippen molar-refractivity contribution >= 4 is 11.9 Å². The Morgan fingerprint density at radius 1 is 1.04 bits per heavy atom. The van der Waals surface area contributed by atoms with E-state index in [-0.39, 0.29) is 19.1 Å². The Kier molecular flexibility index (Phi) is 12.7. The smallest absolute Gasteiger partial charge is 0.320 e. The van der Waals surface area contributed by atoms with Gasteiger partial charge in [-0.25, -0.2) is 0 Å². The van der Waals surface area contributed by atoms with Crippen LogP contribution >= 0.6 is 0 Å². The predicted molar refractivity (Wildman–Crippen MR) is 110 cm³/mol. The zero-order valence-electron chi connectivity index (χ0n) is 17.2. The van der Waals surface area contributed by atoms with E-state index in [0.29, 0.717) is 19.6 Å². The standard InChI is InChI=1S/C23H34O5/c1-4-12-19(17-21(22(24)27-5-2)23(25)28-6-3)13-10-11-16-26-18-20-14-8-7-9-15-20/h4,7-9,14-15,19,21H,1,5-6,10-13,16-18H2,2-3H3.